The van der Waals surface area contributed by atoms with Crippen molar-refractivity contribution in [2.45, 2.75) is 19.8 Å². The second-order valence-corrected chi connectivity index (χ2v) is 7.47. The van der Waals surface area contributed by atoms with Crippen molar-refractivity contribution in [2.75, 3.05) is 6.54 Å². The smallest absolute Gasteiger partial charge is 0.124 e. The van der Waals surface area contributed by atoms with Gasteiger partial charge in [-0.2, -0.15) is 0 Å². The number of phenols is 1. The number of pyridine rings is 1. The minimum atomic E-state index is 0.296. The zero-order valence-electron chi connectivity index (χ0n) is 14.3. The lowest BCUT2D eigenvalue weighted by Gasteiger charge is -2.14. The summed E-state index contributed by atoms with van der Waals surface area (Å²) in [5, 5.41) is 15.0. The Labute approximate surface area is 150 Å². The molecular weight excluding hydrogens is 328 g/mol. The molecule has 0 saturated heterocycles. The lowest BCUT2D eigenvalue weighted by atomic mass is 9.93. The molecule has 0 unspecified atom stereocenters. The van der Waals surface area contributed by atoms with Crippen molar-refractivity contribution in [2.24, 2.45) is 5.73 Å². The topological polar surface area (TPSA) is 59.1 Å². The van der Waals surface area contributed by atoms with Gasteiger partial charge in [0, 0.05) is 22.5 Å². The van der Waals surface area contributed by atoms with Crippen LogP contribution in [0.5, 0.6) is 5.75 Å². The van der Waals surface area contributed by atoms with Gasteiger partial charge in [-0.25, -0.2) is 0 Å². The largest absolute Gasteiger partial charge is 0.507 e. The van der Waals surface area contributed by atoms with Crippen molar-refractivity contribution in [3.8, 4) is 16.9 Å². The van der Waals surface area contributed by atoms with E-state index in [4.69, 9.17) is 5.73 Å². The van der Waals surface area contributed by atoms with Gasteiger partial charge in [0.1, 0.15) is 5.75 Å². The molecule has 25 heavy (non-hydrogen) atoms. The summed E-state index contributed by atoms with van der Waals surface area (Å²) in [4.78, 5) is 4.65. The summed E-state index contributed by atoms with van der Waals surface area (Å²) in [5.74, 6) is 0.618. The van der Waals surface area contributed by atoms with E-state index < -0.39 is 0 Å². The maximum Gasteiger partial charge on any atom is 0.124 e. The van der Waals surface area contributed by atoms with Crippen LogP contribution in [0.25, 0.3) is 32.1 Å². The first kappa shape index (κ1) is 16.1. The lowest BCUT2D eigenvalue weighted by molar-refractivity contribution is 0.477. The predicted molar refractivity (Wildman–Crippen MR) is 106 cm³/mol. The van der Waals surface area contributed by atoms with E-state index in [0.29, 0.717) is 18.2 Å². The first-order chi connectivity index (χ1) is 12.1. The molecule has 0 fully saturated rings. The van der Waals surface area contributed by atoms with Gasteiger partial charge in [0.15, 0.2) is 0 Å². The second kappa shape index (κ2) is 6.14. The monoisotopic (exact) mass is 348 g/mol. The molecule has 0 bridgehead atoms. The standard InChI is InChI=1S/C21H20N2OS/c1-12-9-17(24)19(15-5-3-14(4-6-15)13(2)10-22)20-16-7-8-25-18(16)11-23-21(12)20/h3-9,11,13,24H,10,22H2,1-2H3/t13-/m1/s1. The number of aromatic hydroxyl groups is 1. The van der Waals surface area contributed by atoms with Crippen LogP contribution < -0.4 is 5.73 Å². The van der Waals surface area contributed by atoms with E-state index in [0.717, 1.165) is 37.7 Å². The Kier molecular flexibility index (Phi) is 3.94. The van der Waals surface area contributed by atoms with E-state index in [2.05, 4.69) is 47.6 Å². The van der Waals surface area contributed by atoms with Crippen molar-refractivity contribution in [3.05, 3.63) is 59.1 Å². The van der Waals surface area contributed by atoms with E-state index in [1.807, 2.05) is 13.1 Å². The highest BCUT2D eigenvalue weighted by Crippen LogP contribution is 2.42. The number of aromatic nitrogens is 1. The summed E-state index contributed by atoms with van der Waals surface area (Å²) >= 11 is 1.67. The highest BCUT2D eigenvalue weighted by molar-refractivity contribution is 7.17. The number of nitrogens with two attached hydrogens (primary N) is 1. The molecule has 3 nitrogen and oxygen atoms in total. The molecule has 0 aliphatic carbocycles. The van der Waals surface area contributed by atoms with Crippen molar-refractivity contribution in [3.63, 3.8) is 0 Å². The SMILES string of the molecule is Cc1cc(O)c(-c2ccc([C@H](C)CN)cc2)c2c1ncc1sccc12. The van der Waals surface area contributed by atoms with Crippen LogP contribution in [-0.4, -0.2) is 16.6 Å². The van der Waals surface area contributed by atoms with Gasteiger partial charge in [0.2, 0.25) is 0 Å². The summed E-state index contributed by atoms with van der Waals surface area (Å²) in [6.07, 6.45) is 1.92. The summed E-state index contributed by atoms with van der Waals surface area (Å²) in [5.41, 5.74) is 10.8. The van der Waals surface area contributed by atoms with Gasteiger partial charge in [0.25, 0.3) is 0 Å². The molecule has 0 radical (unpaired) electrons. The minimum absolute atomic E-state index is 0.296. The first-order valence-corrected chi connectivity index (χ1v) is 9.27. The molecule has 4 rings (SSSR count). The number of rotatable bonds is 3. The minimum Gasteiger partial charge on any atom is -0.507 e. The molecule has 0 amide bonds. The molecule has 2 heterocycles. The number of hydrogen-bond donors (Lipinski definition) is 2. The van der Waals surface area contributed by atoms with E-state index >= 15 is 0 Å². The molecular formula is C21H20N2OS. The summed E-state index contributed by atoms with van der Waals surface area (Å²) in [6, 6.07) is 12.2. The molecule has 0 spiro atoms. The van der Waals surface area contributed by atoms with Gasteiger partial charge in [-0.05, 0) is 53.6 Å². The van der Waals surface area contributed by atoms with Gasteiger partial charge in [0.05, 0.1) is 10.2 Å². The molecule has 2 aromatic heterocycles. The molecule has 3 N–H and O–H groups in total. The van der Waals surface area contributed by atoms with Crippen LogP contribution in [0.2, 0.25) is 0 Å². The Bertz CT molecular complexity index is 1070. The third-order valence-corrected chi connectivity index (χ3v) is 5.72. The zero-order valence-corrected chi connectivity index (χ0v) is 15.1. The van der Waals surface area contributed by atoms with Crippen molar-refractivity contribution in [1.82, 2.24) is 4.98 Å². The number of nitrogens with zero attached hydrogens (tertiary/aromatic N) is 1. The predicted octanol–water partition coefficient (Wildman–Crippen LogP) is 5.19. The summed E-state index contributed by atoms with van der Waals surface area (Å²) < 4.78 is 1.13. The van der Waals surface area contributed by atoms with Crippen molar-refractivity contribution in [1.29, 1.82) is 0 Å². The third-order valence-electron chi connectivity index (χ3n) is 4.87. The van der Waals surface area contributed by atoms with Crippen molar-refractivity contribution >= 4 is 32.3 Å². The van der Waals surface area contributed by atoms with E-state index in [-0.39, 0.29) is 0 Å². The van der Waals surface area contributed by atoms with Crippen molar-refractivity contribution < 1.29 is 5.11 Å². The Morgan fingerprint density at radius 2 is 1.96 bits per heavy atom. The highest BCUT2D eigenvalue weighted by Gasteiger charge is 2.16. The van der Waals surface area contributed by atoms with Crippen LogP contribution in [0.4, 0.5) is 0 Å². The van der Waals surface area contributed by atoms with E-state index in [9.17, 15) is 5.11 Å². The normalized spacial score (nSPS) is 12.8. The molecule has 2 aromatic carbocycles. The van der Waals surface area contributed by atoms with Crippen LogP contribution in [0.3, 0.4) is 0 Å². The van der Waals surface area contributed by atoms with Crippen LogP contribution in [0, 0.1) is 6.92 Å². The average Bonchev–Trinajstić information content (AvgIpc) is 3.10. The van der Waals surface area contributed by atoms with Gasteiger partial charge in [-0.1, -0.05) is 31.2 Å². The number of phenolic OH excluding ortho intramolecular Hbond substituents is 1. The highest BCUT2D eigenvalue weighted by atomic mass is 32.1. The van der Waals surface area contributed by atoms with E-state index in [1.165, 1.54) is 5.56 Å². The molecule has 0 saturated carbocycles. The Morgan fingerprint density at radius 3 is 2.68 bits per heavy atom. The number of aryl methyl sites for hydroxylation is 1. The molecule has 0 aliphatic heterocycles. The van der Waals surface area contributed by atoms with Crippen LogP contribution in [0.15, 0.2) is 48.0 Å². The van der Waals surface area contributed by atoms with E-state index in [1.54, 1.807) is 17.4 Å². The third kappa shape index (κ3) is 2.58. The van der Waals surface area contributed by atoms with Gasteiger partial charge < -0.3 is 10.8 Å². The Balaban J connectivity index is 2.02. The number of thiophene rings is 1. The fourth-order valence-corrected chi connectivity index (χ4v) is 4.14. The molecule has 4 aromatic rings. The number of benzene rings is 2. The van der Waals surface area contributed by atoms with Gasteiger partial charge in [-0.3, -0.25) is 4.98 Å². The number of fused-ring (bicyclic) bond motifs is 3. The summed E-state index contributed by atoms with van der Waals surface area (Å²) in [7, 11) is 0. The van der Waals surface area contributed by atoms with Gasteiger partial charge in [-0.15, -0.1) is 11.3 Å². The number of hydrogen-bond acceptors (Lipinski definition) is 4. The molecule has 126 valence electrons. The Hall–Kier alpha value is -2.43. The lowest BCUT2D eigenvalue weighted by Crippen LogP contribution is -2.08. The van der Waals surface area contributed by atoms with Gasteiger partial charge >= 0.3 is 0 Å². The fraction of sp³-hybridized carbons (Fsp3) is 0.190. The summed E-state index contributed by atoms with van der Waals surface area (Å²) in [6.45, 7) is 4.73. The Morgan fingerprint density at radius 1 is 1.20 bits per heavy atom. The van der Waals surface area contributed by atoms with Crippen LogP contribution >= 0.6 is 11.3 Å². The second-order valence-electron chi connectivity index (χ2n) is 6.53. The van der Waals surface area contributed by atoms with Crippen LogP contribution in [0.1, 0.15) is 24.0 Å². The maximum atomic E-state index is 10.7. The molecule has 1 atom stereocenters. The fourth-order valence-electron chi connectivity index (χ4n) is 3.38. The zero-order chi connectivity index (χ0) is 17.6. The maximum absolute atomic E-state index is 10.7. The first-order valence-electron chi connectivity index (χ1n) is 8.39. The average molecular weight is 348 g/mol. The molecule has 4 heteroatoms. The molecule has 0 aliphatic rings. The quantitative estimate of drug-likeness (QED) is 0.535. The van der Waals surface area contributed by atoms with Crippen LogP contribution in [-0.2, 0) is 0 Å².